The highest BCUT2D eigenvalue weighted by Gasteiger charge is 2.50. The lowest BCUT2D eigenvalue weighted by Crippen LogP contribution is -2.36. The zero-order chi connectivity index (χ0) is 26.2. The molecule has 3 aliphatic carbocycles. The summed E-state index contributed by atoms with van der Waals surface area (Å²) < 4.78 is 45.9. The van der Waals surface area contributed by atoms with Gasteiger partial charge in [-0.15, -0.1) is 0 Å². The minimum absolute atomic E-state index is 0.193. The van der Waals surface area contributed by atoms with Gasteiger partial charge in [0.1, 0.15) is 0 Å². The molecule has 3 saturated carbocycles. The minimum Gasteiger partial charge on any atom is -0.393 e. The van der Waals surface area contributed by atoms with Crippen molar-refractivity contribution in [1.29, 1.82) is 0 Å². The molecule has 0 aromatic rings. The summed E-state index contributed by atoms with van der Waals surface area (Å²) in [4.78, 5) is 0. The van der Waals surface area contributed by atoms with Crippen LogP contribution in [-0.4, -0.2) is 22.4 Å². The van der Waals surface area contributed by atoms with E-state index >= 15 is 0 Å². The molecule has 29 heavy (non-hydrogen) atoms. The van der Waals surface area contributed by atoms with E-state index in [1.165, 1.54) is 12.0 Å². The van der Waals surface area contributed by atoms with Gasteiger partial charge in [-0.05, 0) is 78.8 Å². The normalized spacial score (nSPS) is 43.3. The van der Waals surface area contributed by atoms with Crippen molar-refractivity contribution in [3.8, 4) is 0 Å². The van der Waals surface area contributed by atoms with E-state index in [0.29, 0.717) is 37.0 Å². The van der Waals surface area contributed by atoms with Crippen molar-refractivity contribution in [1.82, 2.24) is 0 Å². The summed E-state index contributed by atoms with van der Waals surface area (Å²) in [5.74, 6) is 0.207. The fraction of sp³-hybridized carbons (Fsp3) is 0.778. The zero-order valence-corrected chi connectivity index (χ0v) is 18.3. The standard InChI is InChI=1S/C27H44O2/c1-18(2)8-6-9-19(3)24-13-14-25-21(10-7-15-27(24,25)5)11-12-22-16-23(28)17-26(29)20(22)4/h11-12,18-19,23-26,28-29H,4,6-10,13-17H2,1-3,5H3/b21-11?,22-12-/t19-,23-,24-,25+,26+,27-/m1/s1/i1D3,2D3. The topological polar surface area (TPSA) is 40.5 Å². The van der Waals surface area contributed by atoms with Gasteiger partial charge in [0, 0.05) is 14.6 Å². The lowest BCUT2D eigenvalue weighted by atomic mass is 9.60. The Morgan fingerprint density at radius 3 is 2.79 bits per heavy atom. The van der Waals surface area contributed by atoms with Crippen LogP contribution in [0.25, 0.3) is 0 Å². The Morgan fingerprint density at radius 1 is 1.24 bits per heavy atom. The predicted octanol–water partition coefficient (Wildman–Crippen LogP) is 6.59. The molecule has 0 unspecified atom stereocenters. The third-order valence-corrected chi connectivity index (χ3v) is 8.14. The number of aliphatic hydroxyl groups is 2. The van der Waals surface area contributed by atoms with Gasteiger partial charge in [0.15, 0.2) is 0 Å². The van der Waals surface area contributed by atoms with Gasteiger partial charge in [0.25, 0.3) is 0 Å². The molecule has 0 aliphatic heterocycles. The summed E-state index contributed by atoms with van der Waals surface area (Å²) in [6.45, 7) is 3.79. The Hall–Kier alpha value is -0.860. The maximum Gasteiger partial charge on any atom is 0.0811 e. The molecule has 0 saturated heterocycles. The summed E-state index contributed by atoms with van der Waals surface area (Å²) in [6, 6.07) is 0. The van der Waals surface area contributed by atoms with Crippen LogP contribution in [0.15, 0.2) is 35.5 Å². The number of hydrogen-bond acceptors (Lipinski definition) is 2. The first-order valence-corrected chi connectivity index (χ1v) is 11.6. The molecule has 3 rings (SSSR count). The maximum atomic E-state index is 10.2. The minimum atomic E-state index is -2.45. The van der Waals surface area contributed by atoms with E-state index in [0.717, 1.165) is 43.3 Å². The van der Waals surface area contributed by atoms with Gasteiger partial charge in [-0.25, -0.2) is 0 Å². The number of allylic oxidation sites excluding steroid dienone is 3. The first kappa shape index (κ1) is 15.9. The average Bonchev–Trinajstić information content (AvgIpc) is 3.08. The molecule has 0 radical (unpaired) electrons. The Labute approximate surface area is 187 Å². The molecule has 0 amide bonds. The fourth-order valence-electron chi connectivity index (χ4n) is 6.52. The van der Waals surface area contributed by atoms with Gasteiger partial charge in [-0.1, -0.05) is 71.1 Å². The van der Waals surface area contributed by atoms with Crippen LogP contribution in [-0.2, 0) is 0 Å². The lowest BCUT2D eigenvalue weighted by molar-refractivity contribution is 0.0861. The van der Waals surface area contributed by atoms with Crippen molar-refractivity contribution in [3.05, 3.63) is 35.5 Å². The third-order valence-electron chi connectivity index (χ3n) is 8.14. The van der Waals surface area contributed by atoms with Gasteiger partial charge in [0.05, 0.1) is 12.2 Å². The number of fused-ring (bicyclic) bond motifs is 1. The highest BCUT2D eigenvalue weighted by Crippen LogP contribution is 2.59. The van der Waals surface area contributed by atoms with Gasteiger partial charge in [0.2, 0.25) is 0 Å². The van der Waals surface area contributed by atoms with E-state index in [-0.39, 0.29) is 11.8 Å². The number of aliphatic hydroxyl groups excluding tert-OH is 2. The van der Waals surface area contributed by atoms with Crippen molar-refractivity contribution in [2.24, 2.45) is 29.1 Å². The first-order valence-electron chi connectivity index (χ1n) is 14.6. The number of hydrogen-bond donors (Lipinski definition) is 2. The largest absolute Gasteiger partial charge is 0.393 e. The maximum absolute atomic E-state index is 10.2. The van der Waals surface area contributed by atoms with E-state index in [1.54, 1.807) is 0 Å². The number of rotatable bonds is 6. The van der Waals surface area contributed by atoms with Crippen LogP contribution >= 0.6 is 0 Å². The molecule has 0 heterocycles. The van der Waals surface area contributed by atoms with Crippen molar-refractivity contribution in [2.45, 2.75) is 104 Å². The van der Waals surface area contributed by atoms with E-state index in [1.807, 2.05) is 0 Å². The average molecular weight is 407 g/mol. The second-order valence-electron chi connectivity index (χ2n) is 10.1. The highest BCUT2D eigenvalue weighted by molar-refractivity contribution is 5.38. The molecule has 3 aliphatic rings. The first-order chi connectivity index (χ1) is 16.1. The van der Waals surface area contributed by atoms with E-state index < -0.39 is 31.8 Å². The molecule has 2 heteroatoms. The van der Waals surface area contributed by atoms with Crippen molar-refractivity contribution >= 4 is 0 Å². The molecule has 2 N–H and O–H groups in total. The fourth-order valence-corrected chi connectivity index (χ4v) is 6.52. The van der Waals surface area contributed by atoms with Crippen molar-refractivity contribution in [2.75, 3.05) is 0 Å². The smallest absolute Gasteiger partial charge is 0.0811 e. The second-order valence-corrected chi connectivity index (χ2v) is 10.1. The van der Waals surface area contributed by atoms with Crippen LogP contribution in [0.5, 0.6) is 0 Å². The summed E-state index contributed by atoms with van der Waals surface area (Å²) in [7, 11) is 0. The molecule has 0 spiro atoms. The highest BCUT2D eigenvalue weighted by atomic mass is 16.3. The molecule has 0 aromatic carbocycles. The Kier molecular flexibility index (Phi) is 5.21. The van der Waals surface area contributed by atoms with Gasteiger partial charge >= 0.3 is 0 Å². The van der Waals surface area contributed by atoms with Crippen LogP contribution in [0, 0.1) is 29.1 Å². The van der Waals surface area contributed by atoms with E-state index in [2.05, 4.69) is 32.6 Å². The summed E-state index contributed by atoms with van der Waals surface area (Å²) in [5, 5.41) is 20.2. The predicted molar refractivity (Wildman–Crippen MR) is 123 cm³/mol. The van der Waals surface area contributed by atoms with Crippen molar-refractivity contribution in [3.63, 3.8) is 0 Å². The lowest BCUT2D eigenvalue weighted by Gasteiger charge is -2.44. The van der Waals surface area contributed by atoms with E-state index in [9.17, 15) is 10.2 Å². The Morgan fingerprint density at radius 2 is 2.03 bits per heavy atom. The van der Waals surface area contributed by atoms with Gasteiger partial charge in [-0.2, -0.15) is 0 Å². The summed E-state index contributed by atoms with van der Waals surface area (Å²) in [6.07, 6.45) is 11.3. The molecule has 164 valence electrons. The monoisotopic (exact) mass is 406 g/mol. The molecule has 0 aromatic heterocycles. The van der Waals surface area contributed by atoms with E-state index in [4.69, 9.17) is 8.22 Å². The summed E-state index contributed by atoms with van der Waals surface area (Å²) in [5.41, 5.74) is 3.30. The Balaban J connectivity index is 1.67. The molecule has 3 fully saturated rings. The van der Waals surface area contributed by atoms with Crippen LogP contribution in [0.3, 0.4) is 0 Å². The zero-order valence-electron chi connectivity index (χ0n) is 24.3. The van der Waals surface area contributed by atoms with Gasteiger partial charge < -0.3 is 10.2 Å². The summed E-state index contributed by atoms with van der Waals surface area (Å²) >= 11 is 0. The van der Waals surface area contributed by atoms with Crippen LogP contribution in [0.2, 0.25) is 0 Å². The quantitative estimate of drug-likeness (QED) is 0.522. The van der Waals surface area contributed by atoms with Crippen LogP contribution in [0.1, 0.15) is 100.0 Å². The van der Waals surface area contributed by atoms with Gasteiger partial charge in [-0.3, -0.25) is 0 Å². The molecule has 0 bridgehead atoms. The van der Waals surface area contributed by atoms with Crippen molar-refractivity contribution < 1.29 is 18.4 Å². The van der Waals surface area contributed by atoms with Crippen LogP contribution < -0.4 is 0 Å². The molecule has 6 atom stereocenters. The SMILES string of the molecule is [2H]C([2H])([2H])C(CCC[C@@H](C)[C@H]1CC[C@H]2C(=C/C=C3/C[C@@H](O)C[C@H](O)C3=C)CCC[C@]12C)C([2H])([2H])[2H]. The van der Waals surface area contributed by atoms with Crippen LogP contribution in [0.4, 0.5) is 0 Å². The second kappa shape index (κ2) is 9.52. The third kappa shape index (κ3) is 5.07. The Bertz CT molecular complexity index is 813. The molecular weight excluding hydrogens is 356 g/mol. The molecule has 2 nitrogen and oxygen atoms in total. The molecular formula is C27H44O2.